The normalized spacial score (nSPS) is 22.7. The molecule has 6 nitrogen and oxygen atoms in total. The van der Waals surface area contributed by atoms with Crippen molar-refractivity contribution >= 4 is 21.9 Å². The van der Waals surface area contributed by atoms with Crippen molar-refractivity contribution < 1.29 is 9.57 Å². The van der Waals surface area contributed by atoms with Crippen LogP contribution in [0, 0.1) is 11.3 Å². The maximum Gasteiger partial charge on any atom is 0.232 e. The van der Waals surface area contributed by atoms with Crippen LogP contribution in [0.1, 0.15) is 19.9 Å². The number of imidazole rings is 1. The van der Waals surface area contributed by atoms with Crippen molar-refractivity contribution in [3.05, 3.63) is 10.8 Å². The summed E-state index contributed by atoms with van der Waals surface area (Å²) in [4.78, 5) is 9.79. The van der Waals surface area contributed by atoms with Gasteiger partial charge in [0.25, 0.3) is 0 Å². The molecule has 2 heterocycles. The molecule has 1 aliphatic heterocycles. The Labute approximate surface area is 114 Å². The van der Waals surface area contributed by atoms with E-state index in [2.05, 4.69) is 27.0 Å². The molecule has 0 bridgehead atoms. The number of fused-ring (bicyclic) bond motifs is 1. The minimum absolute atomic E-state index is 0.232. The summed E-state index contributed by atoms with van der Waals surface area (Å²) in [6.07, 6.45) is 1.43. The Morgan fingerprint density at radius 3 is 2.94 bits per heavy atom. The molecule has 2 rings (SSSR count). The van der Waals surface area contributed by atoms with Crippen LogP contribution in [0.2, 0.25) is 0 Å². The SMILES string of the molecule is CCOC1CN(OCC)c2ncc(Br)n2C1C#N. The summed E-state index contributed by atoms with van der Waals surface area (Å²) in [5.41, 5.74) is 0. The highest BCUT2D eigenvalue weighted by Gasteiger charge is 2.36. The van der Waals surface area contributed by atoms with Crippen molar-refractivity contribution in [2.75, 3.05) is 24.8 Å². The lowest BCUT2D eigenvalue weighted by molar-refractivity contribution is 0.000123. The standard InChI is InChI=1S/C11H15BrN4O2/c1-3-17-9-7-15(18-4-2)11-14-6-10(12)16(11)8(9)5-13/h6,8-9H,3-4,7H2,1-2H3. The maximum atomic E-state index is 9.34. The van der Waals surface area contributed by atoms with Crippen LogP contribution in [0.25, 0.3) is 0 Å². The van der Waals surface area contributed by atoms with Gasteiger partial charge < -0.3 is 4.74 Å². The van der Waals surface area contributed by atoms with Gasteiger partial charge in [0.15, 0.2) is 6.04 Å². The molecule has 0 amide bonds. The van der Waals surface area contributed by atoms with Crippen LogP contribution in [-0.2, 0) is 9.57 Å². The first-order chi connectivity index (χ1) is 8.72. The molecule has 0 saturated heterocycles. The third-order valence-electron chi connectivity index (χ3n) is 2.73. The van der Waals surface area contributed by atoms with E-state index < -0.39 is 6.04 Å². The van der Waals surface area contributed by atoms with E-state index in [4.69, 9.17) is 9.57 Å². The zero-order chi connectivity index (χ0) is 13.1. The Bertz CT molecular complexity index is 456. The van der Waals surface area contributed by atoms with E-state index >= 15 is 0 Å². The molecule has 0 aliphatic carbocycles. The van der Waals surface area contributed by atoms with Gasteiger partial charge >= 0.3 is 0 Å². The van der Waals surface area contributed by atoms with Crippen molar-refractivity contribution in [1.29, 1.82) is 5.26 Å². The monoisotopic (exact) mass is 314 g/mol. The molecule has 1 aromatic rings. The summed E-state index contributed by atoms with van der Waals surface area (Å²) in [6, 6.07) is 1.88. The van der Waals surface area contributed by atoms with Crippen LogP contribution in [0.3, 0.4) is 0 Å². The molecule has 0 radical (unpaired) electrons. The highest BCUT2D eigenvalue weighted by atomic mass is 79.9. The first kappa shape index (κ1) is 13.3. The molecule has 0 fully saturated rings. The highest BCUT2D eigenvalue weighted by molar-refractivity contribution is 9.10. The van der Waals surface area contributed by atoms with E-state index in [-0.39, 0.29) is 6.10 Å². The third kappa shape index (κ3) is 2.23. The van der Waals surface area contributed by atoms with E-state index in [1.165, 1.54) is 0 Å². The Balaban J connectivity index is 2.38. The number of hydrogen-bond acceptors (Lipinski definition) is 5. The van der Waals surface area contributed by atoms with Gasteiger partial charge in [-0.05, 0) is 29.8 Å². The molecule has 2 unspecified atom stereocenters. The number of hydrogen-bond donors (Lipinski definition) is 0. The van der Waals surface area contributed by atoms with Crippen molar-refractivity contribution in [2.24, 2.45) is 0 Å². The van der Waals surface area contributed by atoms with Gasteiger partial charge in [-0.25, -0.2) is 10.0 Å². The van der Waals surface area contributed by atoms with Crippen LogP contribution < -0.4 is 5.06 Å². The molecule has 2 atom stereocenters. The minimum Gasteiger partial charge on any atom is -0.373 e. The molecule has 18 heavy (non-hydrogen) atoms. The fraction of sp³-hybridized carbons (Fsp3) is 0.636. The first-order valence-corrected chi connectivity index (χ1v) is 6.66. The number of halogens is 1. The van der Waals surface area contributed by atoms with E-state index in [9.17, 15) is 5.26 Å². The van der Waals surface area contributed by atoms with Crippen molar-refractivity contribution in [3.8, 4) is 6.07 Å². The predicted molar refractivity (Wildman–Crippen MR) is 69.0 cm³/mol. The molecule has 98 valence electrons. The molecule has 1 aromatic heterocycles. The van der Waals surface area contributed by atoms with Gasteiger partial charge in [0, 0.05) is 6.61 Å². The number of anilines is 1. The second kappa shape index (κ2) is 5.69. The van der Waals surface area contributed by atoms with E-state index in [0.717, 1.165) is 4.60 Å². The fourth-order valence-corrected chi connectivity index (χ4v) is 2.53. The minimum atomic E-state index is -0.395. The lowest BCUT2D eigenvalue weighted by Gasteiger charge is -2.36. The number of hydroxylamine groups is 1. The molecule has 0 N–H and O–H groups in total. The molecular formula is C11H15BrN4O2. The van der Waals surface area contributed by atoms with Crippen LogP contribution in [0.4, 0.5) is 5.95 Å². The van der Waals surface area contributed by atoms with E-state index in [0.29, 0.717) is 25.7 Å². The second-order valence-corrected chi connectivity index (χ2v) is 4.61. The number of nitriles is 1. The van der Waals surface area contributed by atoms with Gasteiger partial charge in [0.05, 0.1) is 25.4 Å². The second-order valence-electron chi connectivity index (χ2n) is 3.80. The molecular weight excluding hydrogens is 300 g/mol. The molecule has 7 heteroatoms. The first-order valence-electron chi connectivity index (χ1n) is 5.87. The fourth-order valence-electron chi connectivity index (χ4n) is 2.05. The third-order valence-corrected chi connectivity index (χ3v) is 3.32. The molecule has 0 saturated carbocycles. The van der Waals surface area contributed by atoms with Crippen LogP contribution in [0.15, 0.2) is 10.8 Å². The quantitative estimate of drug-likeness (QED) is 0.849. The van der Waals surface area contributed by atoms with Gasteiger partial charge in [-0.3, -0.25) is 9.40 Å². The summed E-state index contributed by atoms with van der Waals surface area (Å²) in [5.74, 6) is 0.631. The molecule has 0 spiro atoms. The number of nitrogens with zero attached hydrogens (tertiary/aromatic N) is 4. The van der Waals surface area contributed by atoms with Crippen molar-refractivity contribution in [2.45, 2.75) is 26.0 Å². The Kier molecular flexibility index (Phi) is 4.22. The van der Waals surface area contributed by atoms with Gasteiger partial charge in [0.2, 0.25) is 5.95 Å². The van der Waals surface area contributed by atoms with Crippen LogP contribution >= 0.6 is 15.9 Å². The largest absolute Gasteiger partial charge is 0.373 e. The summed E-state index contributed by atoms with van der Waals surface area (Å²) < 4.78 is 8.17. The Hall–Kier alpha value is -1.10. The predicted octanol–water partition coefficient (Wildman–Crippen LogP) is 1.89. The zero-order valence-corrected chi connectivity index (χ0v) is 11.9. The van der Waals surface area contributed by atoms with E-state index in [1.807, 2.05) is 13.8 Å². The van der Waals surface area contributed by atoms with E-state index in [1.54, 1.807) is 15.8 Å². The smallest absolute Gasteiger partial charge is 0.232 e. The van der Waals surface area contributed by atoms with Crippen molar-refractivity contribution in [3.63, 3.8) is 0 Å². The van der Waals surface area contributed by atoms with Gasteiger partial charge in [0.1, 0.15) is 10.7 Å². The lowest BCUT2D eigenvalue weighted by atomic mass is 10.1. The Morgan fingerprint density at radius 2 is 2.33 bits per heavy atom. The lowest BCUT2D eigenvalue weighted by Crippen LogP contribution is -2.45. The summed E-state index contributed by atoms with van der Waals surface area (Å²) in [7, 11) is 0. The summed E-state index contributed by atoms with van der Waals surface area (Å²) in [6.45, 7) is 5.43. The number of rotatable bonds is 4. The summed E-state index contributed by atoms with van der Waals surface area (Å²) in [5, 5.41) is 11.0. The number of ether oxygens (including phenoxy) is 1. The Morgan fingerprint density at radius 1 is 1.56 bits per heavy atom. The van der Waals surface area contributed by atoms with Crippen molar-refractivity contribution in [1.82, 2.24) is 9.55 Å². The number of aromatic nitrogens is 2. The zero-order valence-electron chi connectivity index (χ0n) is 10.3. The molecule has 1 aliphatic rings. The van der Waals surface area contributed by atoms with Crippen LogP contribution in [0.5, 0.6) is 0 Å². The van der Waals surface area contributed by atoms with Gasteiger partial charge in [-0.1, -0.05) is 0 Å². The average molecular weight is 315 g/mol. The van der Waals surface area contributed by atoms with Crippen LogP contribution in [-0.4, -0.2) is 35.4 Å². The van der Waals surface area contributed by atoms with Gasteiger partial charge in [-0.15, -0.1) is 0 Å². The highest BCUT2D eigenvalue weighted by Crippen LogP contribution is 2.33. The topological polar surface area (TPSA) is 63.3 Å². The maximum absolute atomic E-state index is 9.34. The van der Waals surface area contributed by atoms with Gasteiger partial charge in [-0.2, -0.15) is 5.26 Å². The summed E-state index contributed by atoms with van der Waals surface area (Å²) >= 11 is 3.40. The molecule has 0 aromatic carbocycles. The average Bonchev–Trinajstić information content (AvgIpc) is 2.73.